The smallest absolute Gasteiger partial charge is 0.328 e. The first-order valence-corrected chi connectivity index (χ1v) is 11.4. The number of carbonyl (C=O) groups is 4. The lowest BCUT2D eigenvalue weighted by molar-refractivity contribution is -0.145. The van der Waals surface area contributed by atoms with Gasteiger partial charge in [-0.1, -0.05) is 36.8 Å². The number of hydrogen-bond acceptors (Lipinski definition) is 5. The van der Waals surface area contributed by atoms with Gasteiger partial charge in [-0.25, -0.2) is 4.79 Å². The van der Waals surface area contributed by atoms with Gasteiger partial charge >= 0.3 is 5.97 Å². The number of H-pyrrole nitrogens is 1. The molecule has 2 N–H and O–H groups in total. The summed E-state index contributed by atoms with van der Waals surface area (Å²) in [7, 11) is 1.30. The number of para-hydroxylation sites is 1. The van der Waals surface area contributed by atoms with Crippen LogP contribution in [0.2, 0.25) is 0 Å². The zero-order valence-corrected chi connectivity index (χ0v) is 19.0. The van der Waals surface area contributed by atoms with Gasteiger partial charge in [0.2, 0.25) is 5.91 Å². The summed E-state index contributed by atoms with van der Waals surface area (Å²) in [6.07, 6.45) is 4.26. The molecule has 8 nitrogen and oxygen atoms in total. The minimum atomic E-state index is -0.782. The van der Waals surface area contributed by atoms with Crippen LogP contribution in [0.25, 0.3) is 10.9 Å². The fraction of sp³-hybridized carbons (Fsp3) is 0.308. The van der Waals surface area contributed by atoms with Crippen molar-refractivity contribution in [3.8, 4) is 0 Å². The van der Waals surface area contributed by atoms with E-state index in [1.807, 2.05) is 30.5 Å². The number of rotatable bonds is 10. The monoisotopic (exact) mass is 461 g/mol. The predicted octanol–water partition coefficient (Wildman–Crippen LogP) is 3.22. The molecule has 0 aliphatic carbocycles. The van der Waals surface area contributed by atoms with Crippen molar-refractivity contribution < 1.29 is 23.9 Å². The van der Waals surface area contributed by atoms with E-state index in [1.54, 1.807) is 24.3 Å². The van der Waals surface area contributed by atoms with E-state index in [1.165, 1.54) is 12.0 Å². The van der Waals surface area contributed by atoms with E-state index >= 15 is 0 Å². The van der Waals surface area contributed by atoms with Crippen LogP contribution in [0.5, 0.6) is 0 Å². The van der Waals surface area contributed by atoms with Crippen LogP contribution in [0, 0.1) is 0 Å². The van der Waals surface area contributed by atoms with E-state index in [0.29, 0.717) is 43.4 Å². The van der Waals surface area contributed by atoms with Crippen molar-refractivity contribution >= 4 is 34.6 Å². The van der Waals surface area contributed by atoms with Gasteiger partial charge in [-0.05, 0) is 36.6 Å². The van der Waals surface area contributed by atoms with Gasteiger partial charge in [-0.15, -0.1) is 0 Å². The molecule has 34 heavy (non-hydrogen) atoms. The van der Waals surface area contributed by atoms with Crippen molar-refractivity contribution in [2.24, 2.45) is 0 Å². The number of esters is 1. The Kier molecular flexibility index (Phi) is 7.06. The molecule has 0 unspecified atom stereocenters. The maximum atomic E-state index is 12.5. The molecular weight excluding hydrogens is 434 g/mol. The number of hydrogen-bond donors (Lipinski definition) is 2. The molecule has 1 aliphatic rings. The zero-order chi connectivity index (χ0) is 24.1. The van der Waals surface area contributed by atoms with Crippen LogP contribution in [-0.2, 0) is 20.7 Å². The highest BCUT2D eigenvalue weighted by atomic mass is 16.5. The molecule has 0 bridgehead atoms. The lowest BCUT2D eigenvalue weighted by atomic mass is 10.0. The van der Waals surface area contributed by atoms with Gasteiger partial charge in [0, 0.05) is 36.5 Å². The molecule has 176 valence electrons. The number of fused-ring (bicyclic) bond motifs is 2. The third-order valence-electron chi connectivity index (χ3n) is 6.08. The third kappa shape index (κ3) is 4.85. The first kappa shape index (κ1) is 23.2. The number of unbranched alkanes of at least 4 members (excludes halogenated alkanes) is 2. The Morgan fingerprint density at radius 1 is 0.971 bits per heavy atom. The summed E-state index contributed by atoms with van der Waals surface area (Å²) in [4.78, 5) is 54.0. The third-order valence-corrected chi connectivity index (χ3v) is 6.08. The van der Waals surface area contributed by atoms with Crippen molar-refractivity contribution in [1.29, 1.82) is 0 Å². The van der Waals surface area contributed by atoms with E-state index in [-0.39, 0.29) is 24.1 Å². The maximum absolute atomic E-state index is 12.5. The summed E-state index contributed by atoms with van der Waals surface area (Å²) < 4.78 is 4.89. The van der Waals surface area contributed by atoms with Crippen molar-refractivity contribution in [2.45, 2.75) is 38.1 Å². The lowest BCUT2D eigenvalue weighted by Crippen LogP contribution is -2.43. The van der Waals surface area contributed by atoms with Crippen LogP contribution in [0.3, 0.4) is 0 Å². The second-order valence-corrected chi connectivity index (χ2v) is 8.33. The Morgan fingerprint density at radius 3 is 2.35 bits per heavy atom. The van der Waals surface area contributed by atoms with Crippen molar-refractivity contribution in [1.82, 2.24) is 15.2 Å². The highest BCUT2D eigenvalue weighted by Gasteiger charge is 2.34. The lowest BCUT2D eigenvalue weighted by Gasteiger charge is -2.16. The summed E-state index contributed by atoms with van der Waals surface area (Å²) in [6.45, 7) is 0.319. The summed E-state index contributed by atoms with van der Waals surface area (Å²) in [5.74, 6) is -1.27. The first-order valence-electron chi connectivity index (χ1n) is 11.4. The highest BCUT2D eigenvalue weighted by Crippen LogP contribution is 2.23. The number of nitrogens with one attached hydrogen (secondary N) is 2. The average Bonchev–Trinajstić information content (AvgIpc) is 3.37. The van der Waals surface area contributed by atoms with Gasteiger partial charge in [0.25, 0.3) is 11.8 Å². The molecule has 4 rings (SSSR count). The number of benzene rings is 2. The van der Waals surface area contributed by atoms with E-state index < -0.39 is 12.0 Å². The summed E-state index contributed by atoms with van der Waals surface area (Å²) in [6, 6.07) is 13.8. The van der Waals surface area contributed by atoms with E-state index in [0.717, 1.165) is 16.5 Å². The van der Waals surface area contributed by atoms with Crippen molar-refractivity contribution in [2.75, 3.05) is 13.7 Å². The van der Waals surface area contributed by atoms with Crippen LogP contribution in [0.1, 0.15) is 52.0 Å². The molecule has 1 aliphatic heterocycles. The summed E-state index contributed by atoms with van der Waals surface area (Å²) in [5.41, 5.74) is 2.77. The van der Waals surface area contributed by atoms with Crippen LogP contribution in [0.4, 0.5) is 0 Å². The minimum Gasteiger partial charge on any atom is -0.467 e. The summed E-state index contributed by atoms with van der Waals surface area (Å²) >= 11 is 0. The number of nitrogens with zero attached hydrogens (tertiary/aromatic N) is 1. The number of aromatic nitrogens is 1. The van der Waals surface area contributed by atoms with Crippen LogP contribution in [0.15, 0.2) is 54.7 Å². The standard InChI is InChI=1S/C26H27N3O5/c1-34-26(33)22(15-17-16-27-21-12-7-6-9-18(17)21)28-23(30)13-3-2-8-14-29-24(31)19-10-4-5-11-20(19)25(29)32/h4-7,9-12,16,22,27H,2-3,8,13-15H2,1H3,(H,28,30)/t22-/m0/s1. The highest BCUT2D eigenvalue weighted by molar-refractivity contribution is 6.21. The van der Waals surface area contributed by atoms with Gasteiger partial charge in [-0.2, -0.15) is 0 Å². The predicted molar refractivity (Wildman–Crippen MR) is 126 cm³/mol. The fourth-order valence-corrected chi connectivity index (χ4v) is 4.30. The van der Waals surface area contributed by atoms with Crippen LogP contribution in [-0.4, -0.2) is 53.3 Å². The molecule has 2 heterocycles. The van der Waals surface area contributed by atoms with Crippen LogP contribution < -0.4 is 5.32 Å². The topological polar surface area (TPSA) is 109 Å². The molecule has 1 atom stereocenters. The molecule has 0 saturated carbocycles. The maximum Gasteiger partial charge on any atom is 0.328 e. The molecule has 0 saturated heterocycles. The number of methoxy groups -OCH3 is 1. The Labute approximate surface area is 197 Å². The van der Waals surface area contributed by atoms with E-state index in [2.05, 4.69) is 10.3 Å². The molecule has 8 heteroatoms. The first-order chi connectivity index (χ1) is 16.5. The molecule has 3 aromatic rings. The molecule has 3 amide bonds. The normalized spacial score (nSPS) is 13.7. The van der Waals surface area contributed by atoms with Crippen LogP contribution >= 0.6 is 0 Å². The van der Waals surface area contributed by atoms with Gasteiger partial charge in [0.15, 0.2) is 0 Å². The molecular formula is C26H27N3O5. The summed E-state index contributed by atoms with van der Waals surface area (Å²) in [5, 5.41) is 3.78. The number of ether oxygens (including phenoxy) is 1. The number of carbonyl (C=O) groups excluding carboxylic acids is 4. The quantitative estimate of drug-likeness (QED) is 0.274. The molecule has 0 fully saturated rings. The van der Waals surface area contributed by atoms with Gasteiger partial charge in [-0.3, -0.25) is 19.3 Å². The number of aromatic amines is 1. The average molecular weight is 462 g/mol. The van der Waals surface area contributed by atoms with E-state index in [4.69, 9.17) is 4.74 Å². The van der Waals surface area contributed by atoms with E-state index in [9.17, 15) is 19.2 Å². The minimum absolute atomic E-state index is 0.240. The Balaban J connectivity index is 1.24. The second-order valence-electron chi connectivity index (χ2n) is 8.33. The number of amides is 3. The van der Waals surface area contributed by atoms with Crippen molar-refractivity contribution in [3.63, 3.8) is 0 Å². The molecule has 0 spiro atoms. The Bertz CT molecular complexity index is 1200. The second kappa shape index (κ2) is 10.3. The molecule has 2 aromatic carbocycles. The van der Waals surface area contributed by atoms with Gasteiger partial charge in [0.05, 0.1) is 18.2 Å². The van der Waals surface area contributed by atoms with Crippen molar-refractivity contribution in [3.05, 3.63) is 71.4 Å². The molecule has 0 radical (unpaired) electrons. The van der Waals surface area contributed by atoms with Gasteiger partial charge < -0.3 is 15.0 Å². The Morgan fingerprint density at radius 2 is 1.65 bits per heavy atom. The Hall–Kier alpha value is -3.94. The van der Waals surface area contributed by atoms with Gasteiger partial charge in [0.1, 0.15) is 6.04 Å². The SMILES string of the molecule is COC(=O)[C@H](Cc1c[nH]c2ccccc12)NC(=O)CCCCCN1C(=O)c2ccccc2C1=O. The fourth-order valence-electron chi connectivity index (χ4n) is 4.30. The largest absolute Gasteiger partial charge is 0.467 e. The zero-order valence-electron chi connectivity index (χ0n) is 19.0. The molecule has 1 aromatic heterocycles. The number of imide groups is 1.